The average Bonchev–Trinajstić information content (AvgIpc) is 2.69. The molecule has 0 saturated carbocycles. The van der Waals surface area contributed by atoms with Crippen LogP contribution in [0, 0.1) is 11.6 Å². The van der Waals surface area contributed by atoms with E-state index in [9.17, 15) is 26.8 Å². The van der Waals surface area contributed by atoms with E-state index in [1.807, 2.05) is 0 Å². The summed E-state index contributed by atoms with van der Waals surface area (Å²) in [5, 5.41) is 4.84. The van der Waals surface area contributed by atoms with Gasteiger partial charge in [-0.05, 0) is 60.7 Å². The van der Waals surface area contributed by atoms with Crippen molar-refractivity contribution in [3.8, 4) is 0 Å². The SMILES string of the molecule is CC(=O)Nc1cccc(NS(=O)(=O)c2ccc(NC(=O)c3ccc(F)cc3)c(F)c2)c1. The van der Waals surface area contributed by atoms with Gasteiger partial charge in [0, 0.05) is 18.2 Å². The predicted molar refractivity (Wildman–Crippen MR) is 112 cm³/mol. The van der Waals surface area contributed by atoms with Gasteiger partial charge in [-0.2, -0.15) is 0 Å². The Morgan fingerprint density at radius 3 is 2.16 bits per heavy atom. The number of halogens is 2. The lowest BCUT2D eigenvalue weighted by atomic mass is 10.2. The van der Waals surface area contributed by atoms with Crippen molar-refractivity contribution < 1.29 is 26.8 Å². The third kappa shape index (κ3) is 5.64. The van der Waals surface area contributed by atoms with Crippen molar-refractivity contribution in [3.05, 3.63) is 83.9 Å². The molecule has 160 valence electrons. The van der Waals surface area contributed by atoms with Crippen molar-refractivity contribution in [2.75, 3.05) is 15.4 Å². The number of anilines is 3. The number of hydrogen-bond acceptors (Lipinski definition) is 4. The first-order chi connectivity index (χ1) is 14.6. The molecule has 3 N–H and O–H groups in total. The number of benzene rings is 3. The molecule has 0 aromatic heterocycles. The van der Waals surface area contributed by atoms with Gasteiger partial charge in [-0.1, -0.05) is 6.07 Å². The summed E-state index contributed by atoms with van der Waals surface area (Å²) in [5.74, 6) is -2.49. The molecule has 0 fully saturated rings. The zero-order chi connectivity index (χ0) is 22.6. The molecule has 31 heavy (non-hydrogen) atoms. The van der Waals surface area contributed by atoms with Crippen molar-refractivity contribution in [2.24, 2.45) is 0 Å². The molecule has 3 aromatic rings. The van der Waals surface area contributed by atoms with Crippen LogP contribution in [0.15, 0.2) is 71.6 Å². The van der Waals surface area contributed by atoms with Gasteiger partial charge in [0.2, 0.25) is 5.91 Å². The molecule has 0 aliphatic rings. The van der Waals surface area contributed by atoms with Gasteiger partial charge in [-0.25, -0.2) is 17.2 Å². The summed E-state index contributed by atoms with van der Waals surface area (Å²) in [6, 6.07) is 13.7. The first-order valence-corrected chi connectivity index (χ1v) is 10.4. The Hall–Kier alpha value is -3.79. The fraction of sp³-hybridized carbons (Fsp3) is 0.0476. The van der Waals surface area contributed by atoms with E-state index in [1.54, 1.807) is 6.07 Å². The fourth-order valence-corrected chi connectivity index (χ4v) is 3.70. The highest BCUT2D eigenvalue weighted by atomic mass is 32.2. The van der Waals surface area contributed by atoms with E-state index in [2.05, 4.69) is 15.4 Å². The van der Waals surface area contributed by atoms with Crippen molar-refractivity contribution in [1.82, 2.24) is 0 Å². The van der Waals surface area contributed by atoms with Crippen LogP contribution in [-0.4, -0.2) is 20.2 Å². The molecule has 0 unspecified atom stereocenters. The van der Waals surface area contributed by atoms with Crippen LogP contribution in [0.3, 0.4) is 0 Å². The second-order valence-electron chi connectivity index (χ2n) is 6.47. The molecule has 0 spiro atoms. The summed E-state index contributed by atoms with van der Waals surface area (Å²) in [6.45, 7) is 1.32. The minimum Gasteiger partial charge on any atom is -0.326 e. The maximum absolute atomic E-state index is 14.5. The van der Waals surface area contributed by atoms with Crippen LogP contribution in [-0.2, 0) is 14.8 Å². The Morgan fingerprint density at radius 1 is 0.839 bits per heavy atom. The summed E-state index contributed by atoms with van der Waals surface area (Å²) in [4.78, 5) is 22.9. The van der Waals surface area contributed by atoms with E-state index in [0.717, 1.165) is 30.3 Å². The van der Waals surface area contributed by atoms with E-state index in [1.165, 1.54) is 37.3 Å². The van der Waals surface area contributed by atoms with Gasteiger partial charge in [0.25, 0.3) is 15.9 Å². The van der Waals surface area contributed by atoms with E-state index in [0.29, 0.717) is 5.69 Å². The fourth-order valence-electron chi connectivity index (χ4n) is 2.64. The molecular formula is C21H17F2N3O4S. The molecule has 0 atom stereocenters. The van der Waals surface area contributed by atoms with Crippen LogP contribution in [0.1, 0.15) is 17.3 Å². The number of rotatable bonds is 6. The first kappa shape index (κ1) is 21.9. The van der Waals surface area contributed by atoms with Gasteiger partial charge in [0.1, 0.15) is 11.6 Å². The number of carbonyl (C=O) groups excluding carboxylic acids is 2. The van der Waals surface area contributed by atoms with Crippen molar-refractivity contribution in [2.45, 2.75) is 11.8 Å². The standard InChI is InChI=1S/C21H17F2N3O4S/c1-13(27)24-16-3-2-4-17(11-16)26-31(29,30)18-9-10-20(19(23)12-18)25-21(28)14-5-7-15(22)8-6-14/h2-12,26H,1H3,(H,24,27)(H,25,28). The number of amides is 2. The first-order valence-electron chi connectivity index (χ1n) is 8.91. The Bertz CT molecular complexity index is 1250. The van der Waals surface area contributed by atoms with Gasteiger partial charge < -0.3 is 10.6 Å². The molecule has 0 radical (unpaired) electrons. The minimum absolute atomic E-state index is 0.109. The lowest BCUT2D eigenvalue weighted by Crippen LogP contribution is -2.15. The lowest BCUT2D eigenvalue weighted by Gasteiger charge is -2.11. The van der Waals surface area contributed by atoms with Crippen LogP contribution in [0.5, 0.6) is 0 Å². The zero-order valence-electron chi connectivity index (χ0n) is 16.1. The number of carbonyl (C=O) groups is 2. The highest BCUT2D eigenvalue weighted by molar-refractivity contribution is 7.92. The summed E-state index contributed by atoms with van der Waals surface area (Å²) in [7, 11) is -4.14. The van der Waals surface area contributed by atoms with E-state index < -0.39 is 27.6 Å². The van der Waals surface area contributed by atoms with E-state index >= 15 is 0 Å². The van der Waals surface area contributed by atoms with Gasteiger partial charge in [0.15, 0.2) is 0 Å². The average molecular weight is 445 g/mol. The van der Waals surface area contributed by atoms with Gasteiger partial charge in [0.05, 0.1) is 16.3 Å². The topological polar surface area (TPSA) is 104 Å². The van der Waals surface area contributed by atoms with E-state index in [4.69, 9.17) is 0 Å². The molecule has 2 amide bonds. The minimum atomic E-state index is -4.14. The van der Waals surface area contributed by atoms with Crippen molar-refractivity contribution in [3.63, 3.8) is 0 Å². The van der Waals surface area contributed by atoms with Gasteiger partial charge >= 0.3 is 0 Å². The molecule has 3 aromatic carbocycles. The van der Waals surface area contributed by atoms with Gasteiger partial charge in [-0.3, -0.25) is 14.3 Å². The normalized spacial score (nSPS) is 10.9. The van der Waals surface area contributed by atoms with Crippen molar-refractivity contribution in [1.29, 1.82) is 0 Å². The monoisotopic (exact) mass is 445 g/mol. The molecule has 0 saturated heterocycles. The highest BCUT2D eigenvalue weighted by Gasteiger charge is 2.18. The lowest BCUT2D eigenvalue weighted by molar-refractivity contribution is -0.114. The summed E-state index contributed by atoms with van der Waals surface area (Å²) in [6.07, 6.45) is 0. The van der Waals surface area contributed by atoms with E-state index in [-0.39, 0.29) is 27.7 Å². The van der Waals surface area contributed by atoms with Gasteiger partial charge in [-0.15, -0.1) is 0 Å². The second kappa shape index (κ2) is 8.92. The molecule has 0 aliphatic heterocycles. The van der Waals surface area contributed by atoms with Crippen LogP contribution < -0.4 is 15.4 Å². The number of sulfonamides is 1. The quantitative estimate of drug-likeness (QED) is 0.534. The second-order valence-corrected chi connectivity index (χ2v) is 8.15. The highest BCUT2D eigenvalue weighted by Crippen LogP contribution is 2.23. The Balaban J connectivity index is 1.77. The maximum Gasteiger partial charge on any atom is 0.261 e. The molecule has 10 heteroatoms. The van der Waals surface area contributed by atoms with Crippen molar-refractivity contribution >= 4 is 38.9 Å². The number of nitrogens with one attached hydrogen (secondary N) is 3. The molecule has 0 heterocycles. The van der Waals surface area contributed by atoms with Crippen LogP contribution in [0.25, 0.3) is 0 Å². The van der Waals surface area contributed by atoms with Crippen LogP contribution in [0.4, 0.5) is 25.8 Å². The third-order valence-corrected chi connectivity index (χ3v) is 5.42. The Morgan fingerprint density at radius 2 is 1.52 bits per heavy atom. The largest absolute Gasteiger partial charge is 0.326 e. The zero-order valence-corrected chi connectivity index (χ0v) is 17.0. The Labute approximate surface area is 177 Å². The van der Waals surface area contributed by atoms with Crippen LogP contribution in [0.2, 0.25) is 0 Å². The van der Waals surface area contributed by atoms with Crippen LogP contribution >= 0.6 is 0 Å². The summed E-state index contributed by atoms with van der Waals surface area (Å²) >= 11 is 0. The maximum atomic E-state index is 14.5. The molecule has 3 rings (SSSR count). The Kier molecular flexibility index (Phi) is 6.30. The number of hydrogen-bond donors (Lipinski definition) is 3. The predicted octanol–water partition coefficient (Wildman–Crippen LogP) is 3.98. The summed E-state index contributed by atoms with van der Waals surface area (Å²) < 4.78 is 54.9. The third-order valence-electron chi connectivity index (χ3n) is 4.04. The molecular weight excluding hydrogens is 428 g/mol. The summed E-state index contributed by atoms with van der Waals surface area (Å²) in [5.41, 5.74) is 0.428. The molecule has 7 nitrogen and oxygen atoms in total. The smallest absolute Gasteiger partial charge is 0.261 e. The molecule has 0 aliphatic carbocycles. The molecule has 0 bridgehead atoms.